The zero-order chi connectivity index (χ0) is 15.4. The van der Waals surface area contributed by atoms with Gasteiger partial charge in [0.1, 0.15) is 11.6 Å². The Balaban J connectivity index is 2.21. The van der Waals surface area contributed by atoms with E-state index in [0.29, 0.717) is 23.1 Å². The molecule has 1 aromatic carbocycles. The summed E-state index contributed by atoms with van der Waals surface area (Å²) in [4.78, 5) is 15.3. The number of carbonyl (C=O) groups is 1. The van der Waals surface area contributed by atoms with Crippen LogP contribution in [0.5, 0.6) is 5.75 Å². The molecule has 1 aromatic heterocycles. The van der Waals surface area contributed by atoms with Crippen LogP contribution in [-0.4, -0.2) is 18.0 Å². The molecular weight excluding hydrogens is 292 g/mol. The van der Waals surface area contributed by atoms with Crippen LogP contribution >= 0.6 is 11.6 Å². The van der Waals surface area contributed by atoms with Crippen molar-refractivity contribution in [2.45, 2.75) is 6.54 Å². The molecule has 0 unspecified atom stereocenters. The van der Waals surface area contributed by atoms with Crippen LogP contribution in [0, 0.1) is 0 Å². The molecule has 7 heteroatoms. The molecule has 21 heavy (non-hydrogen) atoms. The van der Waals surface area contributed by atoms with Crippen LogP contribution in [0.2, 0.25) is 5.02 Å². The number of primary amides is 1. The maximum absolute atomic E-state index is 11.2. The van der Waals surface area contributed by atoms with Gasteiger partial charge in [-0.1, -0.05) is 17.7 Å². The number of ether oxygens (including phenoxy) is 1. The van der Waals surface area contributed by atoms with Crippen LogP contribution in [0.15, 0.2) is 30.5 Å². The number of nitrogens with two attached hydrogens (primary N) is 2. The number of benzene rings is 1. The molecule has 0 aliphatic heterocycles. The summed E-state index contributed by atoms with van der Waals surface area (Å²) in [6.07, 6.45) is 1.38. The highest BCUT2D eigenvalue weighted by Gasteiger charge is 2.10. The third kappa shape index (κ3) is 3.35. The van der Waals surface area contributed by atoms with Gasteiger partial charge in [0.15, 0.2) is 0 Å². The first kappa shape index (κ1) is 14.9. The number of halogens is 1. The monoisotopic (exact) mass is 306 g/mol. The topological polar surface area (TPSA) is 103 Å². The average molecular weight is 307 g/mol. The summed E-state index contributed by atoms with van der Waals surface area (Å²) in [5, 5.41) is 3.64. The second-order valence-electron chi connectivity index (χ2n) is 4.30. The summed E-state index contributed by atoms with van der Waals surface area (Å²) in [5.74, 6) is 0.536. The van der Waals surface area contributed by atoms with Crippen LogP contribution in [0.25, 0.3) is 0 Å². The molecule has 0 fully saturated rings. The van der Waals surface area contributed by atoms with Crippen molar-refractivity contribution >= 4 is 29.0 Å². The molecule has 0 bridgehead atoms. The number of hydrogen-bond acceptors (Lipinski definition) is 5. The van der Waals surface area contributed by atoms with E-state index in [-0.39, 0.29) is 11.3 Å². The average Bonchev–Trinajstić information content (AvgIpc) is 2.46. The van der Waals surface area contributed by atoms with Gasteiger partial charge in [-0.25, -0.2) is 4.98 Å². The molecule has 110 valence electrons. The van der Waals surface area contributed by atoms with Crippen LogP contribution in [0.3, 0.4) is 0 Å². The number of anilines is 2. The first-order valence-corrected chi connectivity index (χ1v) is 6.51. The van der Waals surface area contributed by atoms with E-state index < -0.39 is 5.91 Å². The molecule has 0 aliphatic carbocycles. The quantitative estimate of drug-likeness (QED) is 0.784. The van der Waals surface area contributed by atoms with E-state index in [1.165, 1.54) is 12.3 Å². The zero-order valence-electron chi connectivity index (χ0n) is 11.4. The third-order valence-corrected chi connectivity index (χ3v) is 3.30. The molecule has 2 rings (SSSR count). The molecule has 0 saturated heterocycles. The van der Waals surface area contributed by atoms with Crippen LogP contribution in [0.1, 0.15) is 15.9 Å². The molecule has 0 saturated carbocycles. The van der Waals surface area contributed by atoms with Gasteiger partial charge in [0, 0.05) is 17.1 Å². The number of nitrogens with zero attached hydrogens (tertiary/aromatic N) is 1. The van der Waals surface area contributed by atoms with E-state index in [1.807, 2.05) is 6.07 Å². The van der Waals surface area contributed by atoms with Crippen LogP contribution in [0.4, 0.5) is 11.5 Å². The van der Waals surface area contributed by atoms with Crippen molar-refractivity contribution in [3.05, 3.63) is 46.6 Å². The highest BCUT2D eigenvalue weighted by molar-refractivity contribution is 6.31. The van der Waals surface area contributed by atoms with E-state index in [2.05, 4.69) is 10.3 Å². The fourth-order valence-corrected chi connectivity index (χ4v) is 2.09. The molecule has 0 atom stereocenters. The smallest absolute Gasteiger partial charge is 0.250 e. The molecule has 0 spiro atoms. The lowest BCUT2D eigenvalue weighted by Crippen LogP contribution is -2.14. The highest BCUT2D eigenvalue weighted by atomic mass is 35.5. The lowest BCUT2D eigenvalue weighted by Gasteiger charge is -2.12. The second-order valence-corrected chi connectivity index (χ2v) is 4.70. The van der Waals surface area contributed by atoms with E-state index >= 15 is 0 Å². The number of rotatable bonds is 5. The summed E-state index contributed by atoms with van der Waals surface area (Å²) in [6.45, 7) is 0.387. The molecular formula is C14H15ClN4O2. The fourth-order valence-electron chi connectivity index (χ4n) is 1.86. The molecule has 2 aromatic rings. The minimum Gasteiger partial charge on any atom is -0.496 e. The summed E-state index contributed by atoms with van der Waals surface area (Å²) < 4.78 is 5.26. The van der Waals surface area contributed by atoms with Gasteiger partial charge in [-0.15, -0.1) is 0 Å². The largest absolute Gasteiger partial charge is 0.496 e. The second kappa shape index (κ2) is 6.32. The Morgan fingerprint density at radius 3 is 2.90 bits per heavy atom. The SMILES string of the molecule is COc1cccc(Cl)c1CNc1cc(C(N)=O)c(N)cn1. The number of aromatic nitrogens is 1. The Bertz CT molecular complexity index is 676. The third-order valence-electron chi connectivity index (χ3n) is 2.94. The number of methoxy groups -OCH3 is 1. The van der Waals surface area contributed by atoms with Crippen molar-refractivity contribution in [3.8, 4) is 5.75 Å². The van der Waals surface area contributed by atoms with Crippen molar-refractivity contribution in [2.24, 2.45) is 5.73 Å². The standard InChI is InChI=1S/C14H15ClN4O2/c1-21-12-4-2-3-10(15)9(12)6-18-13-5-8(14(17)20)11(16)7-19-13/h2-5,7H,6,16H2,1H3,(H2,17,20)(H,18,19). The van der Waals surface area contributed by atoms with Gasteiger partial charge in [0.2, 0.25) is 0 Å². The Hall–Kier alpha value is -2.47. The normalized spacial score (nSPS) is 10.2. The summed E-state index contributed by atoms with van der Waals surface area (Å²) in [6, 6.07) is 6.89. The number of hydrogen-bond donors (Lipinski definition) is 3. The van der Waals surface area contributed by atoms with Gasteiger partial charge in [-0.3, -0.25) is 4.79 Å². The van der Waals surface area contributed by atoms with E-state index in [4.69, 9.17) is 27.8 Å². The first-order valence-electron chi connectivity index (χ1n) is 6.13. The summed E-state index contributed by atoms with van der Waals surface area (Å²) >= 11 is 6.15. The zero-order valence-corrected chi connectivity index (χ0v) is 12.1. The van der Waals surface area contributed by atoms with Gasteiger partial charge < -0.3 is 21.5 Å². The maximum atomic E-state index is 11.2. The molecule has 5 N–H and O–H groups in total. The van der Waals surface area contributed by atoms with Crippen molar-refractivity contribution in [1.82, 2.24) is 4.98 Å². The van der Waals surface area contributed by atoms with E-state index in [9.17, 15) is 4.79 Å². The van der Waals surface area contributed by atoms with Gasteiger partial charge in [-0.05, 0) is 18.2 Å². The van der Waals surface area contributed by atoms with Crippen LogP contribution in [-0.2, 0) is 6.54 Å². The van der Waals surface area contributed by atoms with E-state index in [1.54, 1.807) is 19.2 Å². The van der Waals surface area contributed by atoms with E-state index in [0.717, 1.165) is 5.56 Å². The molecule has 0 radical (unpaired) electrons. The Morgan fingerprint density at radius 2 is 2.24 bits per heavy atom. The summed E-state index contributed by atoms with van der Waals surface area (Å²) in [5.41, 5.74) is 12.1. The predicted molar refractivity (Wildman–Crippen MR) is 82.5 cm³/mol. The van der Waals surface area contributed by atoms with Crippen molar-refractivity contribution in [3.63, 3.8) is 0 Å². The summed E-state index contributed by atoms with van der Waals surface area (Å²) in [7, 11) is 1.57. The fraction of sp³-hybridized carbons (Fsp3) is 0.143. The Labute approximate surface area is 127 Å². The molecule has 1 heterocycles. The Kier molecular flexibility index (Phi) is 4.49. The number of pyridine rings is 1. The van der Waals surface area contributed by atoms with Crippen molar-refractivity contribution in [2.75, 3.05) is 18.2 Å². The van der Waals surface area contributed by atoms with Crippen LogP contribution < -0.4 is 21.5 Å². The first-order chi connectivity index (χ1) is 10.0. The van der Waals surface area contributed by atoms with Crippen molar-refractivity contribution in [1.29, 1.82) is 0 Å². The minimum atomic E-state index is -0.603. The Morgan fingerprint density at radius 1 is 1.48 bits per heavy atom. The van der Waals surface area contributed by atoms with Gasteiger partial charge in [0.25, 0.3) is 5.91 Å². The van der Waals surface area contributed by atoms with Gasteiger partial charge >= 0.3 is 0 Å². The minimum absolute atomic E-state index is 0.221. The van der Waals surface area contributed by atoms with Crippen molar-refractivity contribution < 1.29 is 9.53 Å². The molecule has 0 aliphatic rings. The number of carbonyl (C=O) groups excluding carboxylic acids is 1. The lowest BCUT2D eigenvalue weighted by atomic mass is 10.2. The molecule has 1 amide bonds. The lowest BCUT2D eigenvalue weighted by molar-refractivity contribution is 0.100. The van der Waals surface area contributed by atoms with Gasteiger partial charge in [0.05, 0.1) is 24.6 Å². The predicted octanol–water partition coefficient (Wildman–Crippen LogP) is 2.04. The highest BCUT2D eigenvalue weighted by Crippen LogP contribution is 2.27. The number of amides is 1. The van der Waals surface area contributed by atoms with Gasteiger partial charge in [-0.2, -0.15) is 0 Å². The molecule has 6 nitrogen and oxygen atoms in total. The maximum Gasteiger partial charge on any atom is 0.250 e. The number of nitrogen functional groups attached to an aromatic ring is 1. The number of nitrogens with one attached hydrogen (secondary N) is 1.